The Morgan fingerprint density at radius 2 is 2.08 bits per heavy atom. The highest BCUT2D eigenvalue weighted by atomic mass is 32.2. The van der Waals surface area contributed by atoms with Crippen LogP contribution >= 0.6 is 11.8 Å². The number of benzene rings is 1. The molecule has 26 heavy (non-hydrogen) atoms. The normalized spacial score (nSPS) is 25.3. The molecule has 2 fully saturated rings. The van der Waals surface area contributed by atoms with E-state index in [9.17, 15) is 13.2 Å². The molecule has 0 bridgehead atoms. The van der Waals surface area contributed by atoms with Crippen LogP contribution in [0, 0.1) is 0 Å². The molecule has 0 radical (unpaired) electrons. The number of ether oxygens (including phenoxy) is 2. The number of anilines is 1. The van der Waals surface area contributed by atoms with Crippen LogP contribution in [0.3, 0.4) is 0 Å². The Morgan fingerprint density at radius 1 is 1.31 bits per heavy atom. The summed E-state index contributed by atoms with van der Waals surface area (Å²) in [6, 6.07) is 5.04. The maximum absolute atomic E-state index is 12.1. The lowest BCUT2D eigenvalue weighted by molar-refractivity contribution is -0.117. The minimum atomic E-state index is -3.12. The van der Waals surface area contributed by atoms with E-state index in [-0.39, 0.29) is 28.7 Å². The lowest BCUT2D eigenvalue weighted by Gasteiger charge is -2.26. The van der Waals surface area contributed by atoms with Crippen molar-refractivity contribution in [3.63, 3.8) is 0 Å². The molecule has 2 saturated heterocycles. The quantitative estimate of drug-likeness (QED) is 0.751. The number of methoxy groups -OCH3 is 2. The number of carbonyl (C=O) groups excluding carboxylic acids is 1. The fourth-order valence-electron chi connectivity index (χ4n) is 3.21. The molecule has 9 heteroatoms. The third-order valence-corrected chi connectivity index (χ3v) is 7.61. The molecule has 2 atom stereocenters. The van der Waals surface area contributed by atoms with Gasteiger partial charge in [-0.3, -0.25) is 4.79 Å². The fourth-order valence-corrected chi connectivity index (χ4v) is 7.13. The van der Waals surface area contributed by atoms with Gasteiger partial charge in [-0.05, 0) is 18.6 Å². The van der Waals surface area contributed by atoms with Gasteiger partial charge in [-0.1, -0.05) is 18.7 Å². The largest absolute Gasteiger partial charge is 0.497 e. The summed E-state index contributed by atoms with van der Waals surface area (Å²) in [5, 5.41) is 0.379. The van der Waals surface area contributed by atoms with Gasteiger partial charge in [-0.2, -0.15) is 4.99 Å². The number of hydrogen-bond donors (Lipinski definition) is 0. The molecule has 0 aromatic heterocycles. The number of sulfone groups is 1. The minimum Gasteiger partial charge on any atom is -0.497 e. The monoisotopic (exact) mass is 398 g/mol. The van der Waals surface area contributed by atoms with Gasteiger partial charge in [0.05, 0.1) is 37.5 Å². The second-order valence-electron chi connectivity index (χ2n) is 6.25. The standard InChI is InChI=1S/C17H22N2O5S2/c1-4-5-16(20)18-17-19(13-9-26(21,22)10-15(13)25-17)12-8-11(23-2)6-7-14(12)24-3/h6-8,13,15H,4-5,9-10H2,1-3H3/t13-,15-/m0/s1. The Balaban J connectivity index is 2.08. The van der Waals surface area contributed by atoms with E-state index < -0.39 is 9.84 Å². The van der Waals surface area contributed by atoms with E-state index in [1.54, 1.807) is 32.4 Å². The maximum atomic E-state index is 12.1. The topological polar surface area (TPSA) is 85.3 Å². The van der Waals surface area contributed by atoms with Gasteiger partial charge in [0.25, 0.3) is 0 Å². The van der Waals surface area contributed by atoms with Crippen molar-refractivity contribution in [2.24, 2.45) is 4.99 Å². The van der Waals surface area contributed by atoms with Gasteiger partial charge >= 0.3 is 0 Å². The molecule has 2 heterocycles. The molecular formula is C17H22N2O5S2. The first-order valence-corrected chi connectivity index (χ1v) is 11.1. The summed E-state index contributed by atoms with van der Waals surface area (Å²) in [5.74, 6) is 1.11. The van der Waals surface area contributed by atoms with Gasteiger partial charge in [0.2, 0.25) is 5.91 Å². The second kappa shape index (κ2) is 7.48. The summed E-state index contributed by atoms with van der Waals surface area (Å²) in [7, 11) is -0.00383. The van der Waals surface area contributed by atoms with Crippen LogP contribution in [-0.2, 0) is 14.6 Å². The predicted octanol–water partition coefficient (Wildman–Crippen LogP) is 2.11. The lowest BCUT2D eigenvalue weighted by atomic mass is 10.2. The van der Waals surface area contributed by atoms with Crippen LogP contribution in [0.2, 0.25) is 0 Å². The van der Waals surface area contributed by atoms with Gasteiger partial charge in [-0.25, -0.2) is 8.42 Å². The SMILES string of the molecule is CCCC(=O)N=C1S[C@H]2CS(=O)(=O)C[C@@H]2N1c1cc(OC)ccc1OC. The van der Waals surface area contributed by atoms with Gasteiger partial charge in [0.15, 0.2) is 15.0 Å². The van der Waals surface area contributed by atoms with Crippen molar-refractivity contribution in [1.82, 2.24) is 0 Å². The highest BCUT2D eigenvalue weighted by Gasteiger charge is 2.50. The van der Waals surface area contributed by atoms with Crippen molar-refractivity contribution >= 4 is 38.4 Å². The number of amides is 1. The molecule has 142 valence electrons. The van der Waals surface area contributed by atoms with Crippen LogP contribution < -0.4 is 14.4 Å². The smallest absolute Gasteiger partial charge is 0.248 e. The number of nitrogens with zero attached hydrogens (tertiary/aromatic N) is 2. The molecule has 2 aliphatic rings. The van der Waals surface area contributed by atoms with Crippen molar-refractivity contribution < 1.29 is 22.7 Å². The maximum Gasteiger partial charge on any atom is 0.248 e. The van der Waals surface area contributed by atoms with Crippen molar-refractivity contribution in [3.8, 4) is 11.5 Å². The zero-order chi connectivity index (χ0) is 18.9. The molecule has 0 N–H and O–H groups in total. The van der Waals surface area contributed by atoms with Crippen LogP contribution in [0.25, 0.3) is 0 Å². The summed E-state index contributed by atoms with van der Waals surface area (Å²) in [6.45, 7) is 1.92. The van der Waals surface area contributed by atoms with Crippen molar-refractivity contribution in [3.05, 3.63) is 18.2 Å². The van der Waals surface area contributed by atoms with Gasteiger partial charge < -0.3 is 14.4 Å². The average Bonchev–Trinajstić information content (AvgIpc) is 3.05. The lowest BCUT2D eigenvalue weighted by Crippen LogP contribution is -2.38. The summed E-state index contributed by atoms with van der Waals surface area (Å²) in [4.78, 5) is 18.2. The first-order valence-electron chi connectivity index (χ1n) is 8.38. The molecule has 0 unspecified atom stereocenters. The number of thioether (sulfide) groups is 1. The zero-order valence-electron chi connectivity index (χ0n) is 15.0. The predicted molar refractivity (Wildman–Crippen MR) is 103 cm³/mol. The molecule has 0 aliphatic carbocycles. The number of fused-ring (bicyclic) bond motifs is 1. The van der Waals surface area contributed by atoms with E-state index in [0.29, 0.717) is 35.2 Å². The highest BCUT2D eigenvalue weighted by molar-refractivity contribution is 8.16. The Kier molecular flexibility index (Phi) is 5.47. The molecule has 1 aromatic carbocycles. The number of rotatable bonds is 5. The highest BCUT2D eigenvalue weighted by Crippen LogP contribution is 2.44. The molecule has 0 saturated carbocycles. The Hall–Kier alpha value is -1.74. The molecule has 1 aromatic rings. The minimum absolute atomic E-state index is 0.0337. The van der Waals surface area contributed by atoms with E-state index in [1.807, 2.05) is 11.8 Å². The van der Waals surface area contributed by atoms with E-state index in [1.165, 1.54) is 11.8 Å². The number of amidine groups is 1. The molecule has 1 amide bonds. The summed E-state index contributed by atoms with van der Waals surface area (Å²) >= 11 is 1.35. The Morgan fingerprint density at radius 3 is 2.73 bits per heavy atom. The third-order valence-electron chi connectivity index (χ3n) is 4.40. The van der Waals surface area contributed by atoms with Crippen LogP contribution in [-0.4, -0.2) is 56.5 Å². The zero-order valence-corrected chi connectivity index (χ0v) is 16.6. The van der Waals surface area contributed by atoms with Gasteiger partial charge in [0.1, 0.15) is 11.5 Å². The first kappa shape index (κ1) is 19.0. The van der Waals surface area contributed by atoms with Crippen molar-refractivity contribution in [2.45, 2.75) is 31.1 Å². The number of hydrogen-bond acceptors (Lipinski definition) is 6. The summed E-state index contributed by atoms with van der Waals surface area (Å²) < 4.78 is 35.0. The molecule has 0 spiro atoms. The van der Waals surface area contributed by atoms with Crippen LogP contribution in [0.4, 0.5) is 5.69 Å². The Labute approximate surface area is 157 Å². The van der Waals surface area contributed by atoms with Gasteiger partial charge in [0, 0.05) is 17.7 Å². The van der Waals surface area contributed by atoms with Crippen LogP contribution in [0.1, 0.15) is 19.8 Å². The van der Waals surface area contributed by atoms with E-state index in [4.69, 9.17) is 9.47 Å². The second-order valence-corrected chi connectivity index (χ2v) is 9.61. The van der Waals surface area contributed by atoms with Gasteiger partial charge in [-0.15, -0.1) is 0 Å². The van der Waals surface area contributed by atoms with Crippen LogP contribution in [0.15, 0.2) is 23.2 Å². The van der Waals surface area contributed by atoms with Crippen molar-refractivity contribution in [2.75, 3.05) is 30.6 Å². The van der Waals surface area contributed by atoms with E-state index >= 15 is 0 Å². The number of aliphatic imine (C=N–C) groups is 1. The summed E-state index contributed by atoms with van der Waals surface area (Å²) in [5.41, 5.74) is 0.659. The van der Waals surface area contributed by atoms with E-state index in [2.05, 4.69) is 4.99 Å². The number of carbonyl (C=O) groups is 1. The molecule has 3 rings (SSSR count). The molecule has 7 nitrogen and oxygen atoms in total. The Bertz CT molecular complexity index is 838. The summed E-state index contributed by atoms with van der Waals surface area (Å²) in [6.07, 6.45) is 1.07. The molecule has 2 aliphatic heterocycles. The molecular weight excluding hydrogens is 376 g/mol. The third kappa shape index (κ3) is 3.68. The first-order chi connectivity index (χ1) is 12.4. The van der Waals surface area contributed by atoms with E-state index in [0.717, 1.165) is 0 Å². The average molecular weight is 399 g/mol. The van der Waals surface area contributed by atoms with Crippen LogP contribution in [0.5, 0.6) is 11.5 Å². The van der Waals surface area contributed by atoms with Crippen molar-refractivity contribution in [1.29, 1.82) is 0 Å². The fraction of sp³-hybridized carbons (Fsp3) is 0.529.